The Labute approximate surface area is 75.1 Å². The van der Waals surface area contributed by atoms with Gasteiger partial charge in [0.05, 0.1) is 6.07 Å². The third kappa shape index (κ3) is 2.70. The molecule has 1 aliphatic carbocycles. The Bertz CT molecular complexity index is 180. The number of nitriles is 1. The highest BCUT2D eigenvalue weighted by Gasteiger charge is 2.19. The molecule has 0 radical (unpaired) electrons. The fraction of sp³-hybridized carbons (Fsp3) is 0.727. The van der Waals surface area contributed by atoms with Crippen molar-refractivity contribution in [2.45, 2.75) is 39.0 Å². The summed E-state index contributed by atoms with van der Waals surface area (Å²) in [7, 11) is 0. The van der Waals surface area contributed by atoms with Crippen LogP contribution in [0.5, 0.6) is 0 Å². The highest BCUT2D eigenvalue weighted by atomic mass is 14.3. The lowest BCUT2D eigenvalue weighted by atomic mass is 9.81. The maximum atomic E-state index is 8.69. The molecule has 0 aromatic carbocycles. The zero-order valence-corrected chi connectivity index (χ0v) is 7.79. The highest BCUT2D eigenvalue weighted by molar-refractivity contribution is 4.89. The molecule has 1 saturated carbocycles. The van der Waals surface area contributed by atoms with E-state index < -0.39 is 0 Å². The Hall–Kier alpha value is -0.770. The van der Waals surface area contributed by atoms with Crippen LogP contribution in [-0.4, -0.2) is 0 Å². The van der Waals surface area contributed by atoms with E-state index in [-0.39, 0.29) is 0 Å². The molecular formula is C11H17N. The standard InChI is InChI=1S/C11H17N/c1-2-3-4-10-5-7-11(9-12)8-6-10/h2-3,10-11H,4-8H2,1H3/b3-2+. The van der Waals surface area contributed by atoms with E-state index in [1.165, 1.54) is 19.3 Å². The van der Waals surface area contributed by atoms with E-state index in [0.29, 0.717) is 5.92 Å². The summed E-state index contributed by atoms with van der Waals surface area (Å²) in [5.41, 5.74) is 0. The van der Waals surface area contributed by atoms with Crippen molar-refractivity contribution < 1.29 is 0 Å². The van der Waals surface area contributed by atoms with Gasteiger partial charge in [0.15, 0.2) is 0 Å². The first kappa shape index (κ1) is 9.32. The molecule has 0 spiro atoms. The van der Waals surface area contributed by atoms with Crippen molar-refractivity contribution in [3.8, 4) is 6.07 Å². The summed E-state index contributed by atoms with van der Waals surface area (Å²) < 4.78 is 0. The third-order valence-corrected chi connectivity index (χ3v) is 2.73. The Morgan fingerprint density at radius 2 is 2.00 bits per heavy atom. The average molecular weight is 163 g/mol. The largest absolute Gasteiger partial charge is 0.198 e. The van der Waals surface area contributed by atoms with Crippen LogP contribution < -0.4 is 0 Å². The predicted octanol–water partition coefficient (Wildman–Crippen LogP) is 3.28. The molecule has 1 nitrogen and oxygen atoms in total. The van der Waals surface area contributed by atoms with Crippen LogP contribution in [0.2, 0.25) is 0 Å². The second kappa shape index (κ2) is 4.98. The van der Waals surface area contributed by atoms with Gasteiger partial charge in [0.25, 0.3) is 0 Å². The number of rotatable bonds is 2. The van der Waals surface area contributed by atoms with Gasteiger partial charge in [-0.2, -0.15) is 5.26 Å². The van der Waals surface area contributed by atoms with Crippen LogP contribution in [0.4, 0.5) is 0 Å². The van der Waals surface area contributed by atoms with E-state index in [0.717, 1.165) is 18.8 Å². The molecule has 0 N–H and O–H groups in total. The Morgan fingerprint density at radius 1 is 1.33 bits per heavy atom. The van der Waals surface area contributed by atoms with Gasteiger partial charge in [-0.05, 0) is 44.9 Å². The van der Waals surface area contributed by atoms with Crippen LogP contribution in [-0.2, 0) is 0 Å². The van der Waals surface area contributed by atoms with E-state index in [1.54, 1.807) is 0 Å². The lowest BCUT2D eigenvalue weighted by molar-refractivity contribution is 0.317. The van der Waals surface area contributed by atoms with Gasteiger partial charge >= 0.3 is 0 Å². The first-order chi connectivity index (χ1) is 5.86. The molecule has 0 aliphatic heterocycles. The van der Waals surface area contributed by atoms with E-state index in [9.17, 15) is 0 Å². The molecular weight excluding hydrogens is 146 g/mol. The summed E-state index contributed by atoms with van der Waals surface area (Å²) in [6, 6.07) is 2.36. The monoisotopic (exact) mass is 163 g/mol. The van der Waals surface area contributed by atoms with Gasteiger partial charge in [-0.25, -0.2) is 0 Å². The van der Waals surface area contributed by atoms with E-state index in [1.807, 2.05) is 0 Å². The van der Waals surface area contributed by atoms with Crippen LogP contribution in [0.15, 0.2) is 12.2 Å². The zero-order valence-electron chi connectivity index (χ0n) is 7.79. The van der Waals surface area contributed by atoms with E-state index in [4.69, 9.17) is 5.26 Å². The molecule has 12 heavy (non-hydrogen) atoms. The molecule has 0 unspecified atom stereocenters. The molecule has 0 atom stereocenters. The smallest absolute Gasteiger partial charge is 0.0655 e. The molecule has 0 aromatic rings. The number of hydrogen-bond acceptors (Lipinski definition) is 1. The van der Waals surface area contributed by atoms with Gasteiger partial charge in [0, 0.05) is 5.92 Å². The van der Waals surface area contributed by atoms with Crippen molar-refractivity contribution >= 4 is 0 Å². The summed E-state index contributed by atoms with van der Waals surface area (Å²) in [5, 5.41) is 8.69. The van der Waals surface area contributed by atoms with Crippen LogP contribution in [0, 0.1) is 23.2 Å². The molecule has 1 heteroatoms. The Balaban J connectivity index is 2.22. The van der Waals surface area contributed by atoms with Crippen molar-refractivity contribution in [1.82, 2.24) is 0 Å². The highest BCUT2D eigenvalue weighted by Crippen LogP contribution is 2.30. The van der Waals surface area contributed by atoms with Crippen molar-refractivity contribution in [1.29, 1.82) is 5.26 Å². The first-order valence-electron chi connectivity index (χ1n) is 4.87. The Morgan fingerprint density at radius 3 is 2.50 bits per heavy atom. The summed E-state index contributed by atoms with van der Waals surface area (Å²) in [6.45, 7) is 2.07. The number of allylic oxidation sites excluding steroid dienone is 2. The quantitative estimate of drug-likeness (QED) is 0.573. The summed E-state index contributed by atoms with van der Waals surface area (Å²) in [5.74, 6) is 1.21. The molecule has 66 valence electrons. The summed E-state index contributed by atoms with van der Waals surface area (Å²) >= 11 is 0. The minimum atomic E-state index is 0.354. The molecule has 1 aliphatic rings. The number of hydrogen-bond donors (Lipinski definition) is 0. The fourth-order valence-corrected chi connectivity index (χ4v) is 1.86. The Kier molecular flexibility index (Phi) is 3.87. The fourth-order valence-electron chi connectivity index (χ4n) is 1.86. The second-order valence-corrected chi connectivity index (χ2v) is 3.65. The molecule has 0 bridgehead atoms. The van der Waals surface area contributed by atoms with Crippen molar-refractivity contribution in [3.63, 3.8) is 0 Å². The average Bonchev–Trinajstić information content (AvgIpc) is 2.15. The normalized spacial score (nSPS) is 30.3. The second-order valence-electron chi connectivity index (χ2n) is 3.65. The zero-order chi connectivity index (χ0) is 8.81. The SMILES string of the molecule is C/C=C/CC1CCC(C#N)CC1. The van der Waals surface area contributed by atoms with Gasteiger partial charge in [0.1, 0.15) is 0 Å². The lowest BCUT2D eigenvalue weighted by Crippen LogP contribution is -2.12. The van der Waals surface area contributed by atoms with Crippen LogP contribution in [0.3, 0.4) is 0 Å². The first-order valence-corrected chi connectivity index (χ1v) is 4.87. The van der Waals surface area contributed by atoms with Crippen LogP contribution in [0.1, 0.15) is 39.0 Å². The topological polar surface area (TPSA) is 23.8 Å². The van der Waals surface area contributed by atoms with Crippen molar-refractivity contribution in [2.24, 2.45) is 11.8 Å². The van der Waals surface area contributed by atoms with Gasteiger partial charge in [-0.3, -0.25) is 0 Å². The minimum Gasteiger partial charge on any atom is -0.198 e. The molecule has 0 amide bonds. The van der Waals surface area contributed by atoms with Crippen LogP contribution in [0.25, 0.3) is 0 Å². The third-order valence-electron chi connectivity index (χ3n) is 2.73. The van der Waals surface area contributed by atoms with E-state index in [2.05, 4.69) is 25.1 Å². The van der Waals surface area contributed by atoms with Gasteiger partial charge in [-0.1, -0.05) is 12.2 Å². The summed E-state index contributed by atoms with van der Waals surface area (Å²) in [6.07, 6.45) is 10.3. The maximum absolute atomic E-state index is 8.69. The van der Waals surface area contributed by atoms with Crippen molar-refractivity contribution in [2.75, 3.05) is 0 Å². The molecule has 1 fully saturated rings. The van der Waals surface area contributed by atoms with Gasteiger partial charge in [-0.15, -0.1) is 0 Å². The van der Waals surface area contributed by atoms with E-state index >= 15 is 0 Å². The molecule has 0 heterocycles. The van der Waals surface area contributed by atoms with Crippen molar-refractivity contribution in [3.05, 3.63) is 12.2 Å². The maximum Gasteiger partial charge on any atom is 0.0655 e. The summed E-state index contributed by atoms with van der Waals surface area (Å²) in [4.78, 5) is 0. The van der Waals surface area contributed by atoms with Gasteiger partial charge < -0.3 is 0 Å². The minimum absolute atomic E-state index is 0.354. The predicted molar refractivity (Wildman–Crippen MR) is 50.5 cm³/mol. The molecule has 0 aromatic heterocycles. The lowest BCUT2D eigenvalue weighted by Gasteiger charge is -2.23. The van der Waals surface area contributed by atoms with Crippen LogP contribution >= 0.6 is 0 Å². The number of nitrogens with zero attached hydrogens (tertiary/aromatic N) is 1. The molecule has 1 rings (SSSR count). The van der Waals surface area contributed by atoms with Gasteiger partial charge in [0.2, 0.25) is 0 Å². The molecule has 0 saturated heterocycles.